The molecule has 28 valence electrons. The normalized spacial score (nSPS) is 18.8. The molecule has 1 aliphatic heterocycles. The zero-order valence-electron chi connectivity index (χ0n) is 2.64. The van der Waals surface area contributed by atoms with Gasteiger partial charge in [0.1, 0.15) is 12.9 Å². The number of aliphatic hydroxyl groups excluding tert-OH is 1. The molecular formula is C3H4O2. The van der Waals surface area contributed by atoms with E-state index in [1.165, 1.54) is 6.26 Å². The number of rotatable bonds is 0. The Balaban J connectivity index is 2.51. The van der Waals surface area contributed by atoms with Gasteiger partial charge in [-0.05, 0) is 0 Å². The van der Waals surface area contributed by atoms with Crippen LogP contribution < -0.4 is 0 Å². The van der Waals surface area contributed by atoms with Crippen LogP contribution in [-0.2, 0) is 4.74 Å². The molecule has 0 aliphatic carbocycles. The summed E-state index contributed by atoms with van der Waals surface area (Å²) in [5.74, 6) is 0.338. The van der Waals surface area contributed by atoms with Gasteiger partial charge >= 0.3 is 0 Å². The van der Waals surface area contributed by atoms with Crippen LogP contribution in [-0.4, -0.2) is 11.7 Å². The third-order valence-corrected chi connectivity index (χ3v) is 0.451. The smallest absolute Gasteiger partial charge is 0.164 e. The number of aliphatic hydroxyl groups is 1. The van der Waals surface area contributed by atoms with E-state index >= 15 is 0 Å². The lowest BCUT2D eigenvalue weighted by Crippen LogP contribution is -2.02. The Bertz CT molecular complexity index is 65.3. The quantitative estimate of drug-likeness (QED) is 0.449. The molecule has 0 unspecified atom stereocenters. The van der Waals surface area contributed by atoms with E-state index in [1.54, 1.807) is 0 Å². The minimum Gasteiger partial charge on any atom is -0.506 e. The summed E-state index contributed by atoms with van der Waals surface area (Å²) in [5, 5.41) is 8.18. The molecule has 0 spiro atoms. The van der Waals surface area contributed by atoms with Crippen molar-refractivity contribution in [3.8, 4) is 0 Å². The van der Waals surface area contributed by atoms with E-state index in [2.05, 4.69) is 4.74 Å². The van der Waals surface area contributed by atoms with E-state index in [9.17, 15) is 0 Å². The average Bonchev–Trinajstić information content (AvgIpc) is 1.30. The van der Waals surface area contributed by atoms with Crippen molar-refractivity contribution in [2.45, 2.75) is 0 Å². The summed E-state index contributed by atoms with van der Waals surface area (Å²) >= 11 is 0. The molecule has 0 aromatic rings. The van der Waals surface area contributed by atoms with Crippen molar-refractivity contribution in [2.75, 3.05) is 6.61 Å². The average molecular weight is 72.1 g/mol. The predicted octanol–water partition coefficient (Wildman–Crippen LogP) is 0.416. The molecule has 0 aromatic carbocycles. The fourth-order valence-electron chi connectivity index (χ4n) is 0.158. The van der Waals surface area contributed by atoms with Crippen LogP contribution in [0.2, 0.25) is 0 Å². The summed E-state index contributed by atoms with van der Waals surface area (Å²) < 4.78 is 4.42. The first-order valence-electron chi connectivity index (χ1n) is 1.39. The highest BCUT2D eigenvalue weighted by Gasteiger charge is 1.99. The van der Waals surface area contributed by atoms with Gasteiger partial charge in [-0.25, -0.2) is 0 Å². The van der Waals surface area contributed by atoms with Crippen LogP contribution in [0.3, 0.4) is 0 Å². The first kappa shape index (κ1) is 2.57. The van der Waals surface area contributed by atoms with E-state index in [-0.39, 0.29) is 0 Å². The lowest BCUT2D eigenvalue weighted by molar-refractivity contribution is 0.146. The van der Waals surface area contributed by atoms with Gasteiger partial charge in [0.05, 0.1) is 0 Å². The number of hydrogen-bond donors (Lipinski definition) is 1. The van der Waals surface area contributed by atoms with Crippen molar-refractivity contribution in [1.82, 2.24) is 0 Å². The molecule has 0 bridgehead atoms. The highest BCUT2D eigenvalue weighted by Crippen LogP contribution is 1.99. The Labute approximate surface area is 29.7 Å². The van der Waals surface area contributed by atoms with E-state index in [0.717, 1.165) is 0 Å². The van der Waals surface area contributed by atoms with Crippen LogP contribution in [0.1, 0.15) is 0 Å². The maximum absolute atomic E-state index is 8.18. The zero-order chi connectivity index (χ0) is 3.70. The predicted molar refractivity (Wildman–Crippen MR) is 16.7 cm³/mol. The second-order valence-electron chi connectivity index (χ2n) is 0.920. The molecule has 1 rings (SSSR count). The van der Waals surface area contributed by atoms with Crippen molar-refractivity contribution in [3.05, 3.63) is 12.0 Å². The Morgan fingerprint density at radius 3 is 2.40 bits per heavy atom. The third-order valence-electron chi connectivity index (χ3n) is 0.451. The maximum atomic E-state index is 8.18. The summed E-state index contributed by atoms with van der Waals surface area (Å²) in [5.41, 5.74) is 0. The Morgan fingerprint density at radius 2 is 2.40 bits per heavy atom. The summed E-state index contributed by atoms with van der Waals surface area (Å²) in [4.78, 5) is 0. The maximum Gasteiger partial charge on any atom is 0.164 e. The third kappa shape index (κ3) is 0.210. The van der Waals surface area contributed by atoms with Crippen LogP contribution in [0.4, 0.5) is 0 Å². The van der Waals surface area contributed by atoms with Crippen molar-refractivity contribution in [3.63, 3.8) is 0 Å². The van der Waals surface area contributed by atoms with Crippen LogP contribution >= 0.6 is 0 Å². The van der Waals surface area contributed by atoms with Gasteiger partial charge in [-0.2, -0.15) is 0 Å². The van der Waals surface area contributed by atoms with E-state index in [0.29, 0.717) is 12.4 Å². The lowest BCUT2D eigenvalue weighted by Gasteiger charge is -2.06. The van der Waals surface area contributed by atoms with Crippen LogP contribution in [0.25, 0.3) is 0 Å². The van der Waals surface area contributed by atoms with Crippen LogP contribution in [0.5, 0.6) is 0 Å². The molecule has 0 fully saturated rings. The minimum absolute atomic E-state index is 0.338. The Hall–Kier alpha value is -0.660. The minimum atomic E-state index is 0.338. The van der Waals surface area contributed by atoms with Gasteiger partial charge in [-0.3, -0.25) is 0 Å². The highest BCUT2D eigenvalue weighted by atomic mass is 16.5. The van der Waals surface area contributed by atoms with Gasteiger partial charge in [-0.15, -0.1) is 0 Å². The summed E-state index contributed by atoms with van der Waals surface area (Å²) in [6, 6.07) is 0. The zero-order valence-corrected chi connectivity index (χ0v) is 2.64. The highest BCUT2D eigenvalue weighted by molar-refractivity contribution is 4.92. The van der Waals surface area contributed by atoms with E-state index in [1.807, 2.05) is 0 Å². The topological polar surface area (TPSA) is 29.5 Å². The second kappa shape index (κ2) is 0.641. The molecule has 2 nitrogen and oxygen atoms in total. The summed E-state index contributed by atoms with van der Waals surface area (Å²) in [6.07, 6.45) is 1.32. The van der Waals surface area contributed by atoms with Gasteiger partial charge in [-0.1, -0.05) is 0 Å². The molecule has 1 heterocycles. The molecule has 1 aliphatic rings. The summed E-state index contributed by atoms with van der Waals surface area (Å²) in [7, 11) is 0. The molecule has 2 heteroatoms. The SMILES string of the molecule is OC1=COC1. The number of ether oxygens (including phenoxy) is 1. The van der Waals surface area contributed by atoms with Crippen molar-refractivity contribution >= 4 is 0 Å². The lowest BCUT2D eigenvalue weighted by atomic mass is 10.5. The summed E-state index contributed by atoms with van der Waals surface area (Å²) in [6.45, 7) is 0.403. The van der Waals surface area contributed by atoms with Crippen molar-refractivity contribution in [1.29, 1.82) is 0 Å². The first-order chi connectivity index (χ1) is 2.39. The molecule has 0 saturated heterocycles. The van der Waals surface area contributed by atoms with E-state index in [4.69, 9.17) is 5.11 Å². The van der Waals surface area contributed by atoms with Crippen molar-refractivity contribution in [2.24, 2.45) is 0 Å². The van der Waals surface area contributed by atoms with Gasteiger partial charge < -0.3 is 9.84 Å². The van der Waals surface area contributed by atoms with Crippen LogP contribution in [0.15, 0.2) is 12.0 Å². The molecular weight excluding hydrogens is 68.0 g/mol. The fourth-order valence-corrected chi connectivity index (χ4v) is 0.158. The molecule has 0 aromatic heterocycles. The molecule has 5 heavy (non-hydrogen) atoms. The standard InChI is InChI=1S/C3H4O2/c4-3-1-5-2-3/h1,4H,2H2. The molecule has 0 radical (unpaired) electrons. The molecule has 1 N–H and O–H groups in total. The van der Waals surface area contributed by atoms with Gasteiger partial charge in [0, 0.05) is 0 Å². The first-order valence-corrected chi connectivity index (χ1v) is 1.39. The Kier molecular flexibility index (Phi) is 0.330. The van der Waals surface area contributed by atoms with Crippen LogP contribution in [0, 0.1) is 0 Å². The van der Waals surface area contributed by atoms with E-state index < -0.39 is 0 Å². The van der Waals surface area contributed by atoms with Gasteiger partial charge in [0.15, 0.2) is 5.76 Å². The molecule has 0 atom stereocenters. The molecule has 0 amide bonds. The largest absolute Gasteiger partial charge is 0.506 e. The van der Waals surface area contributed by atoms with Crippen molar-refractivity contribution < 1.29 is 9.84 Å². The Morgan fingerprint density at radius 1 is 2.00 bits per heavy atom. The molecule has 0 saturated carbocycles. The van der Waals surface area contributed by atoms with Gasteiger partial charge in [0.2, 0.25) is 0 Å². The van der Waals surface area contributed by atoms with Gasteiger partial charge in [0.25, 0.3) is 0 Å². The second-order valence-corrected chi connectivity index (χ2v) is 0.920. The number of hydrogen-bond acceptors (Lipinski definition) is 2. The monoisotopic (exact) mass is 72.0 g/mol. The fraction of sp³-hybridized carbons (Fsp3) is 0.333.